The van der Waals surface area contributed by atoms with E-state index in [2.05, 4.69) is 21.5 Å². The van der Waals surface area contributed by atoms with E-state index in [1.807, 2.05) is 30.3 Å². The van der Waals surface area contributed by atoms with Crippen LogP contribution < -0.4 is 10.1 Å². The van der Waals surface area contributed by atoms with Gasteiger partial charge in [-0.3, -0.25) is 4.79 Å². The molecule has 8 heteroatoms. The Bertz CT molecular complexity index is 1260. The van der Waals surface area contributed by atoms with Crippen molar-refractivity contribution in [1.82, 2.24) is 14.8 Å². The number of hydrogen-bond acceptors (Lipinski definition) is 5. The van der Waals surface area contributed by atoms with Crippen molar-refractivity contribution in [3.63, 3.8) is 0 Å². The van der Waals surface area contributed by atoms with Gasteiger partial charge in [0.15, 0.2) is 11.6 Å². The summed E-state index contributed by atoms with van der Waals surface area (Å²) < 4.78 is 7.07. The van der Waals surface area contributed by atoms with Gasteiger partial charge in [-0.2, -0.15) is 15.0 Å². The number of carbonyl (C=O) groups excluding carboxylic acids is 1. The molecule has 0 atom stereocenters. The predicted octanol–water partition coefficient (Wildman–Crippen LogP) is 4.74. The number of nitriles is 1. The highest BCUT2D eigenvalue weighted by molar-refractivity contribution is 6.30. The minimum Gasteiger partial charge on any atom is -0.494 e. The first kappa shape index (κ1) is 20.4. The summed E-state index contributed by atoms with van der Waals surface area (Å²) in [5, 5.41) is 18.1. The van der Waals surface area contributed by atoms with Gasteiger partial charge < -0.3 is 10.1 Å². The molecule has 0 aliphatic heterocycles. The maximum Gasteiger partial charge on any atom is 0.225 e. The second-order valence-corrected chi connectivity index (χ2v) is 7.18. The Kier molecular flexibility index (Phi) is 6.11. The molecule has 0 radical (unpaired) electrons. The summed E-state index contributed by atoms with van der Waals surface area (Å²) in [6.07, 6.45) is 2.16. The van der Waals surface area contributed by atoms with Crippen LogP contribution in [0.5, 0.6) is 5.75 Å². The number of rotatable bonds is 7. The summed E-state index contributed by atoms with van der Waals surface area (Å²) in [4.78, 5) is 17.1. The summed E-state index contributed by atoms with van der Waals surface area (Å²) in [6, 6.07) is 20.5. The van der Waals surface area contributed by atoms with Crippen molar-refractivity contribution in [2.75, 3.05) is 11.9 Å². The first-order valence-electron chi connectivity index (χ1n) is 9.66. The van der Waals surface area contributed by atoms with Gasteiger partial charge in [0.2, 0.25) is 5.91 Å². The average Bonchev–Trinajstić information content (AvgIpc) is 3.20. The number of aromatic nitrogens is 3. The number of nitrogens with zero attached hydrogens (tertiary/aromatic N) is 4. The quantitative estimate of drug-likeness (QED) is 0.426. The Morgan fingerprint density at radius 1 is 1.13 bits per heavy atom. The summed E-state index contributed by atoms with van der Waals surface area (Å²) in [7, 11) is 0. The Hall–Kier alpha value is -3.89. The number of ether oxygens (including phenoxy) is 1. The van der Waals surface area contributed by atoms with Crippen LogP contribution in [0.15, 0.2) is 66.9 Å². The van der Waals surface area contributed by atoms with Crippen LogP contribution in [-0.4, -0.2) is 27.3 Å². The van der Waals surface area contributed by atoms with Crippen LogP contribution in [0, 0.1) is 11.3 Å². The van der Waals surface area contributed by atoms with Gasteiger partial charge >= 0.3 is 0 Å². The van der Waals surface area contributed by atoms with Crippen molar-refractivity contribution in [3.8, 4) is 17.6 Å². The normalized spacial score (nSPS) is 10.6. The van der Waals surface area contributed by atoms with Crippen LogP contribution in [0.3, 0.4) is 0 Å². The van der Waals surface area contributed by atoms with E-state index in [4.69, 9.17) is 16.3 Å². The van der Waals surface area contributed by atoms with Crippen LogP contribution in [0.1, 0.15) is 18.4 Å². The number of nitrogens with one attached hydrogen (secondary N) is 1. The molecule has 0 aliphatic rings. The number of pyridine rings is 1. The van der Waals surface area contributed by atoms with E-state index in [1.165, 1.54) is 10.9 Å². The van der Waals surface area contributed by atoms with Gasteiger partial charge in [0, 0.05) is 16.8 Å². The van der Waals surface area contributed by atoms with Gasteiger partial charge in [-0.15, -0.1) is 0 Å². The minimum atomic E-state index is -0.237. The number of fused-ring (bicyclic) bond motifs is 1. The van der Waals surface area contributed by atoms with Crippen molar-refractivity contribution < 1.29 is 9.53 Å². The SMILES string of the molecule is N#Cc1cnn(-c2ccc3ccccc3n2)c1NC(=O)CCCOc1ccc(Cl)cc1. The maximum atomic E-state index is 12.5. The van der Waals surface area contributed by atoms with Crippen LogP contribution in [-0.2, 0) is 4.79 Å². The fourth-order valence-corrected chi connectivity index (χ4v) is 3.17. The molecule has 154 valence electrons. The molecule has 2 heterocycles. The Morgan fingerprint density at radius 2 is 1.94 bits per heavy atom. The number of carbonyl (C=O) groups is 1. The molecule has 2 aromatic heterocycles. The van der Waals surface area contributed by atoms with Gasteiger partial charge in [-0.1, -0.05) is 29.8 Å². The molecule has 0 saturated carbocycles. The highest BCUT2D eigenvalue weighted by Crippen LogP contribution is 2.21. The molecule has 4 aromatic rings. The molecular weight excluding hydrogens is 414 g/mol. The van der Waals surface area contributed by atoms with E-state index in [0.29, 0.717) is 35.4 Å². The van der Waals surface area contributed by atoms with Gasteiger partial charge in [0.05, 0.1) is 18.3 Å². The summed E-state index contributed by atoms with van der Waals surface area (Å²) in [5.41, 5.74) is 1.06. The number of hydrogen-bond donors (Lipinski definition) is 1. The second-order valence-electron chi connectivity index (χ2n) is 6.75. The fourth-order valence-electron chi connectivity index (χ4n) is 3.05. The Labute approximate surface area is 183 Å². The number of benzene rings is 2. The van der Waals surface area contributed by atoms with Crippen molar-refractivity contribution in [2.45, 2.75) is 12.8 Å². The van der Waals surface area contributed by atoms with Crippen LogP contribution in [0.2, 0.25) is 5.02 Å². The standard InChI is InChI=1S/C23H18ClN5O2/c24-18-8-10-19(11-9-18)31-13-3-6-22(30)28-23-17(14-25)15-26-29(23)21-12-7-16-4-1-2-5-20(16)27-21/h1-2,4-5,7-12,15H,3,6,13H2,(H,28,30). The highest BCUT2D eigenvalue weighted by atomic mass is 35.5. The Morgan fingerprint density at radius 3 is 2.74 bits per heavy atom. The van der Waals surface area contributed by atoms with Crippen LogP contribution in [0.4, 0.5) is 5.82 Å². The van der Waals surface area contributed by atoms with Crippen molar-refractivity contribution in [1.29, 1.82) is 5.26 Å². The third-order valence-corrected chi connectivity index (χ3v) is 4.83. The predicted molar refractivity (Wildman–Crippen MR) is 118 cm³/mol. The van der Waals surface area contributed by atoms with Crippen molar-refractivity contribution in [3.05, 3.63) is 77.4 Å². The average molecular weight is 432 g/mol. The fraction of sp³-hybridized carbons (Fsp3) is 0.130. The molecule has 0 saturated heterocycles. The molecule has 0 fully saturated rings. The molecule has 4 rings (SSSR count). The topological polar surface area (TPSA) is 92.8 Å². The largest absolute Gasteiger partial charge is 0.494 e. The lowest BCUT2D eigenvalue weighted by Crippen LogP contribution is -2.17. The number of para-hydroxylation sites is 1. The number of halogens is 1. The molecule has 1 amide bonds. The monoisotopic (exact) mass is 431 g/mol. The van der Waals surface area contributed by atoms with E-state index < -0.39 is 0 Å². The summed E-state index contributed by atoms with van der Waals surface area (Å²) in [5.74, 6) is 1.27. The molecular formula is C23H18ClN5O2. The molecule has 0 spiro atoms. The summed E-state index contributed by atoms with van der Waals surface area (Å²) >= 11 is 5.85. The highest BCUT2D eigenvalue weighted by Gasteiger charge is 2.16. The van der Waals surface area contributed by atoms with Gasteiger partial charge in [-0.05, 0) is 48.9 Å². The van der Waals surface area contributed by atoms with Crippen LogP contribution >= 0.6 is 11.6 Å². The smallest absolute Gasteiger partial charge is 0.225 e. The molecule has 7 nitrogen and oxygen atoms in total. The molecule has 0 bridgehead atoms. The molecule has 2 aromatic carbocycles. The Balaban J connectivity index is 1.42. The van der Waals surface area contributed by atoms with E-state index in [0.717, 1.165) is 10.9 Å². The van der Waals surface area contributed by atoms with E-state index >= 15 is 0 Å². The lowest BCUT2D eigenvalue weighted by molar-refractivity contribution is -0.116. The number of amides is 1. The van der Waals surface area contributed by atoms with Crippen molar-refractivity contribution >= 4 is 34.2 Å². The van der Waals surface area contributed by atoms with E-state index in [-0.39, 0.29) is 17.9 Å². The van der Waals surface area contributed by atoms with Crippen molar-refractivity contribution in [2.24, 2.45) is 0 Å². The lowest BCUT2D eigenvalue weighted by Gasteiger charge is -2.10. The van der Waals surface area contributed by atoms with Gasteiger partial charge in [0.1, 0.15) is 17.4 Å². The molecule has 31 heavy (non-hydrogen) atoms. The zero-order valence-corrected chi connectivity index (χ0v) is 17.2. The zero-order valence-electron chi connectivity index (χ0n) is 16.5. The second kappa shape index (κ2) is 9.28. The van der Waals surface area contributed by atoms with Crippen LogP contribution in [0.25, 0.3) is 16.7 Å². The molecule has 1 N–H and O–H groups in total. The zero-order chi connectivity index (χ0) is 21.6. The van der Waals surface area contributed by atoms with E-state index in [9.17, 15) is 10.1 Å². The van der Waals surface area contributed by atoms with Gasteiger partial charge in [0.25, 0.3) is 0 Å². The lowest BCUT2D eigenvalue weighted by atomic mass is 10.2. The first-order valence-corrected chi connectivity index (χ1v) is 10.0. The summed E-state index contributed by atoms with van der Waals surface area (Å²) in [6.45, 7) is 0.381. The van der Waals surface area contributed by atoms with E-state index in [1.54, 1.807) is 30.3 Å². The molecule has 0 aliphatic carbocycles. The van der Waals surface area contributed by atoms with Gasteiger partial charge in [-0.25, -0.2) is 4.98 Å². The minimum absolute atomic E-state index is 0.231. The molecule has 0 unspecified atom stereocenters. The third kappa shape index (κ3) is 4.82. The number of anilines is 1. The first-order chi connectivity index (χ1) is 15.1. The maximum absolute atomic E-state index is 12.5. The third-order valence-electron chi connectivity index (χ3n) is 4.58.